The van der Waals surface area contributed by atoms with E-state index in [1.165, 1.54) is 7.05 Å². The molecule has 0 saturated heterocycles. The lowest BCUT2D eigenvalue weighted by atomic mass is 10.2. The van der Waals surface area contributed by atoms with Crippen LogP contribution in [0.25, 0.3) is 0 Å². The largest absolute Gasteiger partial charge is 0.444 e. The molecule has 0 aliphatic rings. The predicted molar refractivity (Wildman–Crippen MR) is 90.6 cm³/mol. The molecule has 8 heteroatoms. The highest BCUT2D eigenvalue weighted by Crippen LogP contribution is 2.06. The van der Waals surface area contributed by atoms with E-state index in [1.54, 1.807) is 0 Å². The van der Waals surface area contributed by atoms with Gasteiger partial charge in [-0.2, -0.15) is 0 Å². The Hall–Kier alpha value is -1.83. The second-order valence-electron chi connectivity index (χ2n) is 6.36. The first kappa shape index (κ1) is 22.2. The average Bonchev–Trinajstić information content (AvgIpc) is 2.47. The van der Waals surface area contributed by atoms with Crippen molar-refractivity contribution in [2.45, 2.75) is 52.1 Å². The van der Waals surface area contributed by atoms with Crippen molar-refractivity contribution in [2.75, 3.05) is 33.4 Å². The minimum atomic E-state index is -0.480. The van der Waals surface area contributed by atoms with Crippen LogP contribution in [0.1, 0.15) is 46.5 Å². The summed E-state index contributed by atoms with van der Waals surface area (Å²) in [4.78, 5) is 33.7. The van der Waals surface area contributed by atoms with Gasteiger partial charge in [0, 0.05) is 20.1 Å². The minimum Gasteiger partial charge on any atom is -0.444 e. The smallest absolute Gasteiger partial charge is 0.407 e. The van der Waals surface area contributed by atoms with Crippen molar-refractivity contribution in [3.8, 4) is 0 Å². The summed E-state index contributed by atoms with van der Waals surface area (Å²) in [5.74, 6) is -0.492. The summed E-state index contributed by atoms with van der Waals surface area (Å²) in [5, 5.41) is 7.83. The number of hydrogen-bond donors (Lipinski definition) is 3. The number of amides is 3. The first-order chi connectivity index (χ1) is 11.2. The van der Waals surface area contributed by atoms with Crippen LogP contribution in [0.15, 0.2) is 0 Å². The molecule has 0 radical (unpaired) electrons. The zero-order valence-corrected chi connectivity index (χ0v) is 15.2. The molecule has 0 aromatic rings. The quantitative estimate of drug-likeness (QED) is 0.484. The second-order valence-corrected chi connectivity index (χ2v) is 6.36. The van der Waals surface area contributed by atoms with E-state index in [9.17, 15) is 14.4 Å². The lowest BCUT2D eigenvalue weighted by Crippen LogP contribution is -2.33. The van der Waals surface area contributed by atoms with Gasteiger partial charge in [0.1, 0.15) is 18.8 Å². The van der Waals surface area contributed by atoms with Crippen LogP contribution in [0.3, 0.4) is 0 Å². The number of carbonyl (C=O) groups excluding carboxylic acids is 3. The van der Waals surface area contributed by atoms with Gasteiger partial charge >= 0.3 is 6.09 Å². The van der Waals surface area contributed by atoms with Gasteiger partial charge in [-0.05, 0) is 33.6 Å². The van der Waals surface area contributed by atoms with Gasteiger partial charge in [-0.1, -0.05) is 12.8 Å². The van der Waals surface area contributed by atoms with Gasteiger partial charge in [-0.3, -0.25) is 9.59 Å². The number of rotatable bonds is 11. The van der Waals surface area contributed by atoms with E-state index in [-0.39, 0.29) is 25.0 Å². The van der Waals surface area contributed by atoms with E-state index in [0.29, 0.717) is 13.1 Å². The van der Waals surface area contributed by atoms with Crippen molar-refractivity contribution >= 4 is 17.9 Å². The number of nitrogens with one attached hydrogen (secondary N) is 3. The van der Waals surface area contributed by atoms with Crippen molar-refractivity contribution < 1.29 is 23.9 Å². The van der Waals surface area contributed by atoms with Crippen LogP contribution in [-0.4, -0.2) is 56.9 Å². The standard InChI is InChI=1S/C16H31N3O5/c1-16(2,3)24-15(22)19-10-8-6-5-7-9-18-14(21)12-23-11-13(20)17-4/h5-12H2,1-4H3,(H,17,20)(H,18,21)(H,19,22). The molecule has 0 aliphatic heterocycles. The van der Waals surface area contributed by atoms with Crippen molar-refractivity contribution in [1.29, 1.82) is 0 Å². The van der Waals surface area contributed by atoms with Crippen LogP contribution < -0.4 is 16.0 Å². The van der Waals surface area contributed by atoms with Gasteiger partial charge in [-0.15, -0.1) is 0 Å². The first-order valence-corrected chi connectivity index (χ1v) is 8.26. The molecule has 3 amide bonds. The molecule has 3 N–H and O–H groups in total. The van der Waals surface area contributed by atoms with E-state index in [4.69, 9.17) is 9.47 Å². The summed E-state index contributed by atoms with van der Waals surface area (Å²) in [6, 6.07) is 0. The minimum absolute atomic E-state index is 0.116. The Labute approximate surface area is 144 Å². The van der Waals surface area contributed by atoms with Crippen LogP contribution in [0.2, 0.25) is 0 Å². The Morgan fingerprint density at radius 1 is 0.833 bits per heavy atom. The number of carbonyl (C=O) groups is 3. The average molecular weight is 345 g/mol. The Kier molecular flexibility index (Phi) is 11.6. The van der Waals surface area contributed by atoms with Crippen LogP contribution in [0, 0.1) is 0 Å². The number of hydrogen-bond acceptors (Lipinski definition) is 5. The molecular formula is C16H31N3O5. The summed E-state index contributed by atoms with van der Waals surface area (Å²) in [6.07, 6.45) is 3.23. The molecule has 0 atom stereocenters. The molecule has 8 nitrogen and oxygen atoms in total. The second kappa shape index (κ2) is 12.6. The van der Waals surface area contributed by atoms with Crippen molar-refractivity contribution in [2.24, 2.45) is 0 Å². The van der Waals surface area contributed by atoms with Crippen LogP contribution in [0.4, 0.5) is 4.79 Å². The molecular weight excluding hydrogens is 314 g/mol. The van der Waals surface area contributed by atoms with Crippen molar-refractivity contribution in [3.63, 3.8) is 0 Å². The van der Waals surface area contributed by atoms with E-state index in [1.807, 2.05) is 20.8 Å². The fourth-order valence-electron chi connectivity index (χ4n) is 1.70. The lowest BCUT2D eigenvalue weighted by molar-refractivity contribution is -0.130. The Morgan fingerprint density at radius 2 is 1.38 bits per heavy atom. The molecule has 0 spiro atoms. The number of alkyl carbamates (subject to hydrolysis) is 1. The fraction of sp³-hybridized carbons (Fsp3) is 0.812. The molecule has 0 heterocycles. The van der Waals surface area contributed by atoms with Gasteiger partial charge in [0.2, 0.25) is 11.8 Å². The molecule has 0 bridgehead atoms. The third kappa shape index (κ3) is 15.1. The van der Waals surface area contributed by atoms with E-state index >= 15 is 0 Å². The summed E-state index contributed by atoms with van der Waals surface area (Å²) in [7, 11) is 1.51. The number of likely N-dealkylation sites (N-methyl/N-ethyl adjacent to an activating group) is 1. The highest BCUT2D eigenvalue weighted by molar-refractivity contribution is 5.79. The van der Waals surface area contributed by atoms with E-state index < -0.39 is 11.7 Å². The van der Waals surface area contributed by atoms with Crippen molar-refractivity contribution in [1.82, 2.24) is 16.0 Å². The summed E-state index contributed by atoms with van der Waals surface area (Å²) >= 11 is 0. The monoisotopic (exact) mass is 345 g/mol. The zero-order valence-electron chi connectivity index (χ0n) is 15.2. The molecule has 0 unspecified atom stereocenters. The third-order valence-corrected chi connectivity index (χ3v) is 2.84. The molecule has 0 rings (SSSR count). The fourth-order valence-corrected chi connectivity index (χ4v) is 1.70. The SMILES string of the molecule is CNC(=O)COCC(=O)NCCCCCCNC(=O)OC(C)(C)C. The molecule has 0 aliphatic carbocycles. The molecule has 140 valence electrons. The Morgan fingerprint density at radius 3 is 1.92 bits per heavy atom. The Balaban J connectivity index is 3.40. The van der Waals surface area contributed by atoms with Crippen LogP contribution >= 0.6 is 0 Å². The maximum atomic E-state index is 11.4. The van der Waals surface area contributed by atoms with E-state index in [2.05, 4.69) is 16.0 Å². The van der Waals surface area contributed by atoms with Crippen molar-refractivity contribution in [3.05, 3.63) is 0 Å². The van der Waals surface area contributed by atoms with Gasteiger partial charge in [0.15, 0.2) is 0 Å². The molecule has 0 saturated carbocycles. The number of ether oxygens (including phenoxy) is 2. The summed E-state index contributed by atoms with van der Waals surface area (Å²) in [6.45, 7) is 6.39. The third-order valence-electron chi connectivity index (χ3n) is 2.84. The van der Waals surface area contributed by atoms with Gasteiger partial charge < -0.3 is 25.4 Å². The van der Waals surface area contributed by atoms with Gasteiger partial charge in [0.05, 0.1) is 0 Å². The molecule has 0 aromatic carbocycles. The Bertz CT molecular complexity index is 394. The van der Waals surface area contributed by atoms with Crippen LogP contribution in [-0.2, 0) is 19.1 Å². The topological polar surface area (TPSA) is 106 Å². The zero-order chi connectivity index (χ0) is 18.4. The normalized spacial score (nSPS) is 10.8. The molecule has 0 aromatic heterocycles. The van der Waals surface area contributed by atoms with Gasteiger partial charge in [-0.25, -0.2) is 4.79 Å². The first-order valence-electron chi connectivity index (χ1n) is 8.26. The summed E-state index contributed by atoms with van der Waals surface area (Å²) < 4.78 is 10.1. The highest BCUT2D eigenvalue weighted by Gasteiger charge is 2.15. The highest BCUT2D eigenvalue weighted by atomic mass is 16.6. The number of unbranched alkanes of at least 4 members (excludes halogenated alkanes) is 3. The summed E-state index contributed by atoms with van der Waals surface area (Å²) in [5.41, 5.74) is -0.480. The molecule has 24 heavy (non-hydrogen) atoms. The van der Waals surface area contributed by atoms with Gasteiger partial charge in [0.25, 0.3) is 0 Å². The maximum Gasteiger partial charge on any atom is 0.407 e. The molecule has 0 fully saturated rings. The maximum absolute atomic E-state index is 11.4. The van der Waals surface area contributed by atoms with Crippen LogP contribution in [0.5, 0.6) is 0 Å². The van der Waals surface area contributed by atoms with E-state index in [0.717, 1.165) is 25.7 Å². The lowest BCUT2D eigenvalue weighted by Gasteiger charge is -2.19. The predicted octanol–water partition coefficient (Wildman–Crippen LogP) is 0.950.